The predicted molar refractivity (Wildman–Crippen MR) is 73.8 cm³/mol. The lowest BCUT2D eigenvalue weighted by molar-refractivity contribution is -0.137. The second kappa shape index (κ2) is 4.77. The summed E-state index contributed by atoms with van der Waals surface area (Å²) in [5.41, 5.74) is 1.36. The van der Waals surface area contributed by atoms with Gasteiger partial charge in [0, 0.05) is 17.1 Å². The van der Waals surface area contributed by atoms with Crippen LogP contribution in [-0.4, -0.2) is 10.1 Å². The fourth-order valence-corrected chi connectivity index (χ4v) is 2.13. The molecule has 0 spiro atoms. The van der Waals surface area contributed by atoms with Crippen molar-refractivity contribution in [1.82, 2.24) is 4.98 Å². The average Bonchev–Trinajstić information content (AvgIpc) is 2.45. The third-order valence-electron chi connectivity index (χ3n) is 3.21. The molecule has 2 aromatic carbocycles. The zero-order valence-electron chi connectivity index (χ0n) is 10.7. The summed E-state index contributed by atoms with van der Waals surface area (Å²) in [5, 5.41) is 10.2. The summed E-state index contributed by atoms with van der Waals surface area (Å²) in [6.45, 7) is 0. The minimum Gasteiger partial charge on any atom is -0.508 e. The Labute approximate surface area is 118 Å². The van der Waals surface area contributed by atoms with Crippen LogP contribution in [0, 0.1) is 0 Å². The number of halogens is 3. The molecule has 1 aromatic heterocycles. The molecule has 0 bridgehead atoms. The highest BCUT2D eigenvalue weighted by molar-refractivity contribution is 5.84. The summed E-state index contributed by atoms with van der Waals surface area (Å²) >= 11 is 0. The number of alkyl halides is 3. The molecule has 1 N–H and O–H groups in total. The Morgan fingerprint density at radius 3 is 2.24 bits per heavy atom. The van der Waals surface area contributed by atoms with Crippen LogP contribution in [0.1, 0.15) is 5.56 Å². The van der Waals surface area contributed by atoms with Gasteiger partial charge >= 0.3 is 6.18 Å². The van der Waals surface area contributed by atoms with Gasteiger partial charge in [0.2, 0.25) is 0 Å². The van der Waals surface area contributed by atoms with E-state index < -0.39 is 11.7 Å². The zero-order chi connectivity index (χ0) is 15.0. The molecule has 0 saturated heterocycles. The van der Waals surface area contributed by atoms with Gasteiger partial charge < -0.3 is 5.11 Å². The molecule has 106 valence electrons. The second-order valence-corrected chi connectivity index (χ2v) is 4.68. The topological polar surface area (TPSA) is 33.1 Å². The van der Waals surface area contributed by atoms with E-state index in [1.165, 1.54) is 18.2 Å². The van der Waals surface area contributed by atoms with Gasteiger partial charge in [-0.1, -0.05) is 12.1 Å². The lowest BCUT2D eigenvalue weighted by Gasteiger charge is -2.08. The van der Waals surface area contributed by atoms with Crippen LogP contribution >= 0.6 is 0 Å². The Kier molecular flexibility index (Phi) is 3.05. The normalized spacial score (nSPS) is 11.8. The van der Waals surface area contributed by atoms with Crippen molar-refractivity contribution in [2.24, 2.45) is 0 Å². The molecular formula is C16H10F3NO. The first kappa shape index (κ1) is 13.4. The van der Waals surface area contributed by atoms with Crippen LogP contribution in [0.25, 0.3) is 22.0 Å². The second-order valence-electron chi connectivity index (χ2n) is 4.68. The van der Waals surface area contributed by atoms with Crippen LogP contribution in [0.15, 0.2) is 54.7 Å². The first-order valence-corrected chi connectivity index (χ1v) is 6.20. The summed E-state index contributed by atoms with van der Waals surface area (Å²) < 4.78 is 37.6. The van der Waals surface area contributed by atoms with E-state index >= 15 is 0 Å². The SMILES string of the molecule is Oc1ccc2ncc(-c3ccc(C(F)(F)F)cc3)cc2c1. The summed E-state index contributed by atoms with van der Waals surface area (Å²) in [6, 6.07) is 11.5. The van der Waals surface area contributed by atoms with Gasteiger partial charge in [0.15, 0.2) is 0 Å². The van der Waals surface area contributed by atoms with E-state index in [-0.39, 0.29) is 5.75 Å². The first-order valence-electron chi connectivity index (χ1n) is 6.20. The van der Waals surface area contributed by atoms with Crippen LogP contribution in [-0.2, 0) is 6.18 Å². The van der Waals surface area contributed by atoms with E-state index in [1.807, 2.05) is 0 Å². The highest BCUT2D eigenvalue weighted by Crippen LogP contribution is 2.31. The molecule has 3 aromatic rings. The van der Waals surface area contributed by atoms with Crippen molar-refractivity contribution in [2.45, 2.75) is 6.18 Å². The molecule has 0 aliphatic heterocycles. The monoisotopic (exact) mass is 289 g/mol. The number of pyridine rings is 1. The molecular weight excluding hydrogens is 279 g/mol. The van der Waals surface area contributed by atoms with Gasteiger partial charge in [0.1, 0.15) is 5.75 Å². The van der Waals surface area contributed by atoms with E-state index in [4.69, 9.17) is 0 Å². The maximum atomic E-state index is 12.5. The van der Waals surface area contributed by atoms with E-state index in [0.29, 0.717) is 16.6 Å². The third-order valence-corrected chi connectivity index (χ3v) is 3.21. The molecule has 0 amide bonds. The largest absolute Gasteiger partial charge is 0.508 e. The standard InChI is InChI=1S/C16H10F3NO/c17-16(18,19)13-3-1-10(2-4-13)12-7-11-8-14(21)5-6-15(11)20-9-12/h1-9,21H. The Hall–Kier alpha value is -2.56. The molecule has 0 unspecified atom stereocenters. The highest BCUT2D eigenvalue weighted by atomic mass is 19.4. The van der Waals surface area contributed by atoms with Crippen molar-refractivity contribution in [1.29, 1.82) is 0 Å². The molecule has 0 aliphatic rings. The Bertz CT molecular complexity index is 795. The summed E-state index contributed by atoms with van der Waals surface area (Å²) in [6.07, 6.45) is -2.74. The van der Waals surface area contributed by atoms with Crippen LogP contribution in [0.4, 0.5) is 13.2 Å². The number of aromatic nitrogens is 1. The van der Waals surface area contributed by atoms with Crippen LogP contribution < -0.4 is 0 Å². The highest BCUT2D eigenvalue weighted by Gasteiger charge is 2.29. The summed E-state index contributed by atoms with van der Waals surface area (Å²) in [5.74, 6) is 0.119. The average molecular weight is 289 g/mol. The van der Waals surface area contributed by atoms with Gasteiger partial charge in [-0.3, -0.25) is 4.98 Å². The Morgan fingerprint density at radius 1 is 0.857 bits per heavy atom. The van der Waals surface area contributed by atoms with Crippen LogP contribution in [0.2, 0.25) is 0 Å². The maximum Gasteiger partial charge on any atom is 0.416 e. The predicted octanol–water partition coefficient (Wildman–Crippen LogP) is 4.63. The molecule has 5 heteroatoms. The summed E-state index contributed by atoms with van der Waals surface area (Å²) in [4.78, 5) is 4.24. The number of phenolic OH excluding ortho intramolecular Hbond substituents is 1. The lowest BCUT2D eigenvalue weighted by atomic mass is 10.0. The molecule has 0 atom stereocenters. The quantitative estimate of drug-likeness (QED) is 0.708. The van der Waals surface area contributed by atoms with Crippen molar-refractivity contribution in [3.8, 4) is 16.9 Å². The minimum atomic E-state index is -4.34. The summed E-state index contributed by atoms with van der Waals surface area (Å²) in [7, 11) is 0. The molecule has 21 heavy (non-hydrogen) atoms. The molecule has 1 heterocycles. The molecule has 0 radical (unpaired) electrons. The third kappa shape index (κ3) is 2.67. The van der Waals surface area contributed by atoms with Gasteiger partial charge in [-0.25, -0.2) is 0 Å². The number of aromatic hydroxyl groups is 1. The first-order chi connectivity index (χ1) is 9.93. The van der Waals surface area contributed by atoms with Crippen LogP contribution in [0.5, 0.6) is 5.75 Å². The number of nitrogens with zero attached hydrogens (tertiary/aromatic N) is 1. The number of hydrogen-bond acceptors (Lipinski definition) is 2. The van der Waals surface area contributed by atoms with Gasteiger partial charge in [0.25, 0.3) is 0 Å². The van der Waals surface area contributed by atoms with Crippen molar-refractivity contribution >= 4 is 10.9 Å². The van der Waals surface area contributed by atoms with Crippen LogP contribution in [0.3, 0.4) is 0 Å². The molecule has 0 aliphatic carbocycles. The maximum absolute atomic E-state index is 12.5. The van der Waals surface area contributed by atoms with Gasteiger partial charge in [-0.2, -0.15) is 13.2 Å². The number of benzene rings is 2. The molecule has 2 nitrogen and oxygen atoms in total. The van der Waals surface area contributed by atoms with Crippen molar-refractivity contribution in [3.05, 3.63) is 60.3 Å². The van der Waals surface area contributed by atoms with Crippen molar-refractivity contribution in [3.63, 3.8) is 0 Å². The fraction of sp³-hybridized carbons (Fsp3) is 0.0625. The molecule has 0 fully saturated rings. The van der Waals surface area contributed by atoms with Gasteiger partial charge in [-0.15, -0.1) is 0 Å². The van der Waals surface area contributed by atoms with E-state index in [2.05, 4.69) is 4.98 Å². The Morgan fingerprint density at radius 2 is 1.57 bits per heavy atom. The number of rotatable bonds is 1. The van der Waals surface area contributed by atoms with Crippen molar-refractivity contribution < 1.29 is 18.3 Å². The van der Waals surface area contributed by atoms with Gasteiger partial charge in [0.05, 0.1) is 11.1 Å². The van der Waals surface area contributed by atoms with E-state index in [9.17, 15) is 18.3 Å². The number of hydrogen-bond donors (Lipinski definition) is 1. The number of phenols is 1. The molecule has 0 saturated carbocycles. The lowest BCUT2D eigenvalue weighted by Crippen LogP contribution is -2.03. The Balaban J connectivity index is 2.04. The van der Waals surface area contributed by atoms with E-state index in [1.54, 1.807) is 24.4 Å². The fourth-order valence-electron chi connectivity index (χ4n) is 2.13. The van der Waals surface area contributed by atoms with Gasteiger partial charge in [-0.05, 0) is 42.0 Å². The minimum absolute atomic E-state index is 0.119. The smallest absolute Gasteiger partial charge is 0.416 e. The van der Waals surface area contributed by atoms with E-state index in [0.717, 1.165) is 17.5 Å². The number of fused-ring (bicyclic) bond motifs is 1. The van der Waals surface area contributed by atoms with Crippen molar-refractivity contribution in [2.75, 3.05) is 0 Å². The zero-order valence-corrected chi connectivity index (χ0v) is 10.7. The molecule has 3 rings (SSSR count).